The van der Waals surface area contributed by atoms with Crippen LogP contribution in [0.25, 0.3) is 0 Å². The number of halogens is 5. The first-order chi connectivity index (χ1) is 14.3. The van der Waals surface area contributed by atoms with Gasteiger partial charge in [-0.05, 0) is 49.9 Å². The van der Waals surface area contributed by atoms with Crippen molar-refractivity contribution in [2.24, 2.45) is 5.92 Å². The molecule has 8 heteroatoms. The van der Waals surface area contributed by atoms with Gasteiger partial charge in [-0.2, -0.15) is 0 Å². The number of fused-ring (bicyclic) bond motifs is 3. The molecule has 0 saturated carbocycles. The highest BCUT2D eigenvalue weighted by Gasteiger charge is 2.40. The molecule has 0 aliphatic carbocycles. The van der Waals surface area contributed by atoms with Crippen molar-refractivity contribution >= 4 is 41.5 Å². The monoisotopic (exact) mass is 488 g/mol. The molecule has 0 unspecified atom stereocenters. The Morgan fingerprint density at radius 1 is 1.13 bits per heavy atom. The Kier molecular flexibility index (Phi) is 7.52. The second-order valence-corrected chi connectivity index (χ2v) is 9.10. The molecule has 168 valence electrons. The van der Waals surface area contributed by atoms with Gasteiger partial charge >= 0.3 is 0 Å². The Balaban J connectivity index is 0.00000272. The molecular formula is C23H25Cl3F2N2O. The molecule has 3 aliphatic rings. The summed E-state index contributed by atoms with van der Waals surface area (Å²) >= 11 is 12.5. The first-order valence-electron chi connectivity index (χ1n) is 10.2. The second-order valence-electron chi connectivity index (χ2n) is 8.32. The van der Waals surface area contributed by atoms with Crippen LogP contribution in [-0.2, 0) is 5.92 Å². The molecule has 3 heterocycles. The molecule has 2 bridgehead atoms. The van der Waals surface area contributed by atoms with Gasteiger partial charge in [-0.1, -0.05) is 59.6 Å². The van der Waals surface area contributed by atoms with E-state index in [9.17, 15) is 13.6 Å². The van der Waals surface area contributed by atoms with E-state index < -0.39 is 17.4 Å². The molecule has 0 spiro atoms. The lowest BCUT2D eigenvalue weighted by Gasteiger charge is -2.48. The first kappa shape index (κ1) is 24.2. The molecule has 1 N–H and O–H groups in total. The number of benzene rings is 2. The van der Waals surface area contributed by atoms with Crippen LogP contribution in [0.2, 0.25) is 10.0 Å². The van der Waals surface area contributed by atoms with Gasteiger partial charge in [0.1, 0.15) is 0 Å². The molecule has 3 aliphatic heterocycles. The zero-order valence-corrected chi connectivity index (χ0v) is 19.4. The SMILES string of the molecule is CC(F)(F)c1ccc(Cl)c(C(=O)N[C@@H](c2ccccc2)[C@@H]2CC3CCN2CC3)c1Cl.Cl. The van der Waals surface area contributed by atoms with Crippen molar-refractivity contribution in [3.05, 3.63) is 69.2 Å². The minimum Gasteiger partial charge on any atom is -0.344 e. The lowest BCUT2D eigenvalue weighted by Crippen LogP contribution is -2.54. The molecule has 2 atom stereocenters. The predicted octanol–water partition coefficient (Wildman–Crippen LogP) is 6.48. The van der Waals surface area contributed by atoms with E-state index in [1.54, 1.807) is 0 Å². The maximum absolute atomic E-state index is 13.9. The Morgan fingerprint density at radius 3 is 2.32 bits per heavy atom. The molecule has 3 saturated heterocycles. The fraction of sp³-hybridized carbons (Fsp3) is 0.435. The van der Waals surface area contributed by atoms with Crippen molar-refractivity contribution in [1.29, 1.82) is 0 Å². The van der Waals surface area contributed by atoms with Crippen LogP contribution >= 0.6 is 35.6 Å². The zero-order valence-electron chi connectivity index (χ0n) is 17.1. The molecule has 0 aromatic heterocycles. The van der Waals surface area contributed by atoms with Gasteiger partial charge in [0.2, 0.25) is 0 Å². The third kappa shape index (κ3) is 5.00. The average Bonchev–Trinajstić information content (AvgIpc) is 2.72. The van der Waals surface area contributed by atoms with Crippen LogP contribution in [0.1, 0.15) is 53.7 Å². The number of carbonyl (C=O) groups is 1. The number of piperidine rings is 3. The highest BCUT2D eigenvalue weighted by atomic mass is 35.5. The molecule has 1 amide bonds. The minimum atomic E-state index is -3.18. The van der Waals surface area contributed by atoms with Gasteiger partial charge in [-0.3, -0.25) is 9.69 Å². The van der Waals surface area contributed by atoms with Crippen molar-refractivity contribution in [2.45, 2.75) is 44.2 Å². The van der Waals surface area contributed by atoms with E-state index in [0.29, 0.717) is 5.92 Å². The Hall–Kier alpha value is -1.40. The summed E-state index contributed by atoms with van der Waals surface area (Å²) in [5.74, 6) is -3.06. The van der Waals surface area contributed by atoms with Gasteiger partial charge in [0, 0.05) is 18.5 Å². The van der Waals surface area contributed by atoms with Crippen molar-refractivity contribution in [3.8, 4) is 0 Å². The van der Waals surface area contributed by atoms with Gasteiger partial charge in [-0.15, -0.1) is 12.4 Å². The van der Waals surface area contributed by atoms with E-state index in [-0.39, 0.29) is 40.1 Å². The summed E-state index contributed by atoms with van der Waals surface area (Å²) in [4.78, 5) is 15.7. The Bertz CT molecular complexity index is 928. The topological polar surface area (TPSA) is 32.3 Å². The third-order valence-corrected chi connectivity index (χ3v) is 7.02. The second kappa shape index (κ2) is 9.62. The fourth-order valence-electron chi connectivity index (χ4n) is 4.73. The summed E-state index contributed by atoms with van der Waals surface area (Å²) in [5.41, 5.74) is 0.470. The smallest absolute Gasteiger partial charge is 0.271 e. The maximum Gasteiger partial charge on any atom is 0.271 e. The fourth-order valence-corrected chi connectivity index (χ4v) is 5.44. The number of nitrogens with one attached hydrogen (secondary N) is 1. The van der Waals surface area contributed by atoms with E-state index in [1.165, 1.54) is 25.0 Å². The van der Waals surface area contributed by atoms with Crippen LogP contribution in [0, 0.1) is 5.92 Å². The van der Waals surface area contributed by atoms with Crippen LogP contribution in [0.4, 0.5) is 8.78 Å². The molecule has 3 nitrogen and oxygen atoms in total. The molecule has 2 aromatic rings. The third-order valence-electron chi connectivity index (χ3n) is 6.31. The summed E-state index contributed by atoms with van der Waals surface area (Å²) in [6, 6.07) is 12.1. The quantitative estimate of drug-likeness (QED) is 0.521. The van der Waals surface area contributed by atoms with Gasteiger partial charge in [-0.25, -0.2) is 8.78 Å². The first-order valence-corrected chi connectivity index (χ1v) is 11.0. The Morgan fingerprint density at radius 2 is 1.77 bits per heavy atom. The lowest BCUT2D eigenvalue weighted by atomic mass is 9.79. The van der Waals surface area contributed by atoms with Crippen molar-refractivity contribution in [1.82, 2.24) is 10.2 Å². The van der Waals surface area contributed by atoms with Gasteiger partial charge in [0.15, 0.2) is 0 Å². The van der Waals surface area contributed by atoms with Crippen LogP contribution in [0.15, 0.2) is 42.5 Å². The number of nitrogens with zero attached hydrogens (tertiary/aromatic N) is 1. The highest BCUT2D eigenvalue weighted by molar-refractivity contribution is 6.40. The van der Waals surface area contributed by atoms with Crippen LogP contribution in [0.5, 0.6) is 0 Å². The maximum atomic E-state index is 13.9. The minimum absolute atomic E-state index is 0. The number of hydrogen-bond acceptors (Lipinski definition) is 2. The van der Waals surface area contributed by atoms with E-state index in [0.717, 1.165) is 32.0 Å². The normalized spacial score (nSPS) is 23.7. The number of hydrogen-bond donors (Lipinski definition) is 1. The summed E-state index contributed by atoms with van der Waals surface area (Å²) in [5, 5.41) is 2.83. The number of carbonyl (C=O) groups excluding carboxylic acids is 1. The molecule has 5 rings (SSSR count). The summed E-state index contributed by atoms with van der Waals surface area (Å²) < 4.78 is 27.9. The molecule has 0 radical (unpaired) electrons. The van der Waals surface area contributed by atoms with Gasteiger partial charge in [0.05, 0.1) is 21.7 Å². The number of amides is 1. The summed E-state index contributed by atoms with van der Waals surface area (Å²) in [6.45, 7) is 2.77. The average molecular weight is 490 g/mol. The van der Waals surface area contributed by atoms with E-state index in [4.69, 9.17) is 23.2 Å². The summed E-state index contributed by atoms with van der Waals surface area (Å²) in [6.07, 6.45) is 3.35. The Labute approximate surface area is 197 Å². The van der Waals surface area contributed by atoms with E-state index in [1.807, 2.05) is 30.3 Å². The molecular weight excluding hydrogens is 465 g/mol. The summed E-state index contributed by atoms with van der Waals surface area (Å²) in [7, 11) is 0. The molecule has 3 fully saturated rings. The predicted molar refractivity (Wildman–Crippen MR) is 123 cm³/mol. The van der Waals surface area contributed by atoms with Gasteiger partial charge in [0.25, 0.3) is 11.8 Å². The van der Waals surface area contributed by atoms with Crippen LogP contribution < -0.4 is 5.32 Å². The molecule has 2 aromatic carbocycles. The van der Waals surface area contributed by atoms with Crippen LogP contribution in [-0.4, -0.2) is 29.9 Å². The van der Waals surface area contributed by atoms with E-state index in [2.05, 4.69) is 10.2 Å². The van der Waals surface area contributed by atoms with Crippen molar-refractivity contribution in [3.63, 3.8) is 0 Å². The van der Waals surface area contributed by atoms with E-state index >= 15 is 0 Å². The number of rotatable bonds is 5. The lowest BCUT2D eigenvalue weighted by molar-refractivity contribution is 0.0175. The molecule has 31 heavy (non-hydrogen) atoms. The standard InChI is InChI=1S/C23H24Cl2F2N2O.ClH/c1-23(26,27)16-7-8-17(24)19(20(16)25)22(30)28-21(15-5-3-2-4-6-15)18-13-14-9-11-29(18)12-10-14;/h2-8,14,18,21H,9-13H2,1H3,(H,28,30);1H/t18-,21-;/m0./s1. The zero-order chi connectivity index (χ0) is 21.5. The largest absolute Gasteiger partial charge is 0.344 e. The van der Waals surface area contributed by atoms with Gasteiger partial charge < -0.3 is 5.32 Å². The van der Waals surface area contributed by atoms with Crippen molar-refractivity contribution in [2.75, 3.05) is 13.1 Å². The highest BCUT2D eigenvalue weighted by Crippen LogP contribution is 2.40. The number of alkyl halides is 2. The van der Waals surface area contributed by atoms with Crippen molar-refractivity contribution < 1.29 is 13.6 Å². The van der Waals surface area contributed by atoms with Crippen LogP contribution in [0.3, 0.4) is 0 Å².